The zero-order chi connectivity index (χ0) is 13.1. The van der Waals surface area contributed by atoms with E-state index < -0.39 is 0 Å². The van der Waals surface area contributed by atoms with Crippen LogP contribution in [0.2, 0.25) is 0 Å². The van der Waals surface area contributed by atoms with E-state index in [2.05, 4.69) is 5.32 Å². The highest BCUT2D eigenvalue weighted by Crippen LogP contribution is 2.60. The molecule has 0 aromatic heterocycles. The Labute approximate surface area is 112 Å². The third kappa shape index (κ3) is 1.51. The summed E-state index contributed by atoms with van der Waals surface area (Å²) in [6.07, 6.45) is 6.45. The van der Waals surface area contributed by atoms with Crippen molar-refractivity contribution in [1.29, 1.82) is 0 Å². The summed E-state index contributed by atoms with van der Waals surface area (Å²) in [6, 6.07) is 0. The largest absolute Gasteiger partial charge is 0.456 e. The minimum absolute atomic E-state index is 0.00817. The summed E-state index contributed by atoms with van der Waals surface area (Å²) < 4.78 is 4.99. The molecule has 3 fully saturated rings. The molecule has 3 aliphatic heterocycles. The number of carbonyl (C=O) groups excluding carboxylic acids is 2. The quantitative estimate of drug-likeness (QED) is 0.702. The number of piperidine rings is 1. The molecular weight excluding hydrogens is 244 g/mol. The third-order valence-corrected chi connectivity index (χ3v) is 5.12. The first-order valence-electron chi connectivity index (χ1n) is 7.08. The van der Waals surface area contributed by atoms with Gasteiger partial charge in [-0.25, -0.2) is 4.79 Å². The van der Waals surface area contributed by atoms with Crippen molar-refractivity contribution in [1.82, 2.24) is 10.2 Å². The first-order chi connectivity index (χ1) is 9.15. The van der Waals surface area contributed by atoms with Crippen LogP contribution in [0.5, 0.6) is 0 Å². The van der Waals surface area contributed by atoms with Crippen molar-refractivity contribution < 1.29 is 14.3 Å². The highest BCUT2D eigenvalue weighted by atomic mass is 16.5. The van der Waals surface area contributed by atoms with Crippen LogP contribution in [0, 0.1) is 5.41 Å². The number of esters is 1. The maximum Gasteiger partial charge on any atom is 0.333 e. The zero-order valence-electron chi connectivity index (χ0n) is 10.9. The van der Waals surface area contributed by atoms with Gasteiger partial charge in [0, 0.05) is 11.6 Å². The van der Waals surface area contributed by atoms with Crippen LogP contribution in [0.3, 0.4) is 0 Å². The number of nitrogens with one attached hydrogen (secondary N) is 1. The monoisotopic (exact) mass is 262 g/mol. The molecule has 19 heavy (non-hydrogen) atoms. The van der Waals surface area contributed by atoms with Crippen LogP contribution >= 0.6 is 0 Å². The number of hydrogen-bond acceptors (Lipinski definition) is 4. The maximum atomic E-state index is 12.9. The predicted octanol–water partition coefficient (Wildman–Crippen LogP) is 0.562. The Balaban J connectivity index is 1.69. The molecule has 0 radical (unpaired) electrons. The topological polar surface area (TPSA) is 58.6 Å². The summed E-state index contributed by atoms with van der Waals surface area (Å²) in [4.78, 5) is 26.1. The fraction of sp³-hybridized carbons (Fsp3) is 0.714. The molecule has 102 valence electrons. The van der Waals surface area contributed by atoms with Crippen molar-refractivity contribution in [2.75, 3.05) is 19.7 Å². The van der Waals surface area contributed by atoms with E-state index in [9.17, 15) is 9.59 Å². The predicted molar refractivity (Wildman–Crippen MR) is 67.0 cm³/mol. The molecule has 4 aliphatic rings. The lowest BCUT2D eigenvalue weighted by Crippen LogP contribution is -2.43. The zero-order valence-corrected chi connectivity index (χ0v) is 10.9. The van der Waals surface area contributed by atoms with Crippen molar-refractivity contribution in [3.8, 4) is 0 Å². The van der Waals surface area contributed by atoms with E-state index in [0.29, 0.717) is 0 Å². The Kier molecular flexibility index (Phi) is 2.17. The number of nitrogens with zero attached hydrogens (tertiary/aromatic N) is 1. The molecule has 4 rings (SSSR count). The molecule has 2 saturated heterocycles. The number of rotatable bonds is 1. The van der Waals surface area contributed by atoms with Crippen LogP contribution in [-0.4, -0.2) is 42.0 Å². The fourth-order valence-corrected chi connectivity index (χ4v) is 4.01. The van der Waals surface area contributed by atoms with Gasteiger partial charge in [-0.2, -0.15) is 0 Å². The van der Waals surface area contributed by atoms with Gasteiger partial charge in [0.2, 0.25) is 5.91 Å². The normalized spacial score (nSPS) is 30.9. The summed E-state index contributed by atoms with van der Waals surface area (Å²) in [6.45, 7) is 2.11. The van der Waals surface area contributed by atoms with E-state index in [-0.39, 0.29) is 29.4 Å². The van der Waals surface area contributed by atoms with E-state index in [1.165, 1.54) is 6.08 Å². The lowest BCUT2D eigenvalue weighted by Gasteiger charge is -2.32. The van der Waals surface area contributed by atoms with Gasteiger partial charge in [0.05, 0.1) is 11.1 Å². The Bertz CT molecular complexity index is 487. The van der Waals surface area contributed by atoms with Gasteiger partial charge in [-0.3, -0.25) is 4.79 Å². The Morgan fingerprint density at radius 2 is 1.89 bits per heavy atom. The maximum absolute atomic E-state index is 12.9. The third-order valence-electron chi connectivity index (χ3n) is 5.12. The van der Waals surface area contributed by atoms with Gasteiger partial charge in [-0.15, -0.1) is 0 Å². The second-order valence-corrected chi connectivity index (χ2v) is 6.32. The van der Waals surface area contributed by atoms with Crippen molar-refractivity contribution in [3.05, 3.63) is 11.8 Å². The van der Waals surface area contributed by atoms with Gasteiger partial charge in [-0.05, 0) is 45.2 Å². The van der Waals surface area contributed by atoms with Gasteiger partial charge in [0.25, 0.3) is 0 Å². The van der Waals surface area contributed by atoms with E-state index in [4.69, 9.17) is 4.74 Å². The highest BCUT2D eigenvalue weighted by Gasteiger charge is 2.65. The number of hydrogen-bond donors (Lipinski definition) is 1. The molecule has 2 spiro atoms. The molecule has 1 N–H and O–H groups in total. The SMILES string of the molecule is O=C1C=C(N2C(=O)C3(CCNCC3)CC23CC3)CO1. The fourth-order valence-electron chi connectivity index (χ4n) is 4.01. The van der Waals surface area contributed by atoms with Crippen molar-refractivity contribution in [2.24, 2.45) is 5.41 Å². The molecule has 3 heterocycles. The summed E-state index contributed by atoms with van der Waals surface area (Å²) >= 11 is 0. The summed E-state index contributed by atoms with van der Waals surface area (Å²) in [5, 5.41) is 3.33. The number of ether oxygens (including phenoxy) is 1. The van der Waals surface area contributed by atoms with Crippen LogP contribution in [0.1, 0.15) is 32.1 Å². The second-order valence-electron chi connectivity index (χ2n) is 6.32. The van der Waals surface area contributed by atoms with Crippen molar-refractivity contribution in [2.45, 2.75) is 37.6 Å². The molecule has 0 atom stereocenters. The summed E-state index contributed by atoms with van der Waals surface area (Å²) in [5.41, 5.74) is 0.602. The number of likely N-dealkylation sites (tertiary alicyclic amines) is 1. The summed E-state index contributed by atoms with van der Waals surface area (Å²) in [7, 11) is 0. The molecule has 0 aromatic carbocycles. The van der Waals surface area contributed by atoms with Crippen LogP contribution in [0.25, 0.3) is 0 Å². The minimum atomic E-state index is -0.315. The minimum Gasteiger partial charge on any atom is -0.456 e. The van der Waals surface area contributed by atoms with Crippen LogP contribution in [-0.2, 0) is 14.3 Å². The number of carbonyl (C=O) groups is 2. The molecule has 5 heteroatoms. The number of cyclic esters (lactones) is 1. The Hall–Kier alpha value is -1.36. The Morgan fingerprint density at radius 1 is 1.16 bits per heavy atom. The van der Waals surface area contributed by atoms with Gasteiger partial charge in [0.15, 0.2) is 0 Å². The molecule has 0 unspecified atom stereocenters. The van der Waals surface area contributed by atoms with Crippen molar-refractivity contribution >= 4 is 11.9 Å². The molecule has 1 aliphatic carbocycles. The van der Waals surface area contributed by atoms with Crippen LogP contribution in [0.15, 0.2) is 11.8 Å². The van der Waals surface area contributed by atoms with Gasteiger partial charge in [0.1, 0.15) is 6.61 Å². The Morgan fingerprint density at radius 3 is 2.47 bits per heavy atom. The van der Waals surface area contributed by atoms with Gasteiger partial charge >= 0.3 is 5.97 Å². The molecule has 5 nitrogen and oxygen atoms in total. The van der Waals surface area contributed by atoms with Crippen LogP contribution < -0.4 is 5.32 Å². The van der Waals surface area contributed by atoms with Gasteiger partial charge in [-0.1, -0.05) is 0 Å². The van der Waals surface area contributed by atoms with E-state index in [1.54, 1.807) is 0 Å². The number of amides is 1. The summed E-state index contributed by atoms with van der Waals surface area (Å²) in [5.74, 6) is -0.0825. The average molecular weight is 262 g/mol. The lowest BCUT2D eigenvalue weighted by molar-refractivity contribution is -0.138. The second kappa shape index (κ2) is 3.60. The lowest BCUT2D eigenvalue weighted by atomic mass is 9.76. The van der Waals surface area contributed by atoms with E-state index >= 15 is 0 Å². The average Bonchev–Trinajstić information content (AvgIpc) is 2.97. The van der Waals surface area contributed by atoms with E-state index in [1.807, 2.05) is 4.90 Å². The molecular formula is C14H18N2O3. The van der Waals surface area contributed by atoms with Crippen LogP contribution in [0.4, 0.5) is 0 Å². The standard InChI is InChI=1S/C14H18N2O3/c17-11-7-10(8-19-11)16-12(18)13(3-5-15-6-4-13)9-14(16)1-2-14/h7,15H,1-6,8-9H2. The highest BCUT2D eigenvalue weighted by molar-refractivity contribution is 5.92. The molecule has 0 aromatic rings. The molecule has 1 amide bonds. The van der Waals surface area contributed by atoms with E-state index in [0.717, 1.165) is 50.9 Å². The first-order valence-corrected chi connectivity index (χ1v) is 7.08. The molecule has 1 saturated carbocycles. The van der Waals surface area contributed by atoms with Crippen molar-refractivity contribution in [3.63, 3.8) is 0 Å². The molecule has 0 bridgehead atoms. The van der Waals surface area contributed by atoms with Gasteiger partial charge < -0.3 is 15.0 Å². The smallest absolute Gasteiger partial charge is 0.333 e. The first kappa shape index (κ1) is 11.5.